The summed E-state index contributed by atoms with van der Waals surface area (Å²) in [7, 11) is 0. The van der Waals surface area contributed by atoms with Crippen molar-refractivity contribution >= 4 is 22.8 Å². The third-order valence-corrected chi connectivity index (χ3v) is 5.53. The first-order valence-electron chi connectivity index (χ1n) is 10.6. The molecule has 0 aliphatic carbocycles. The zero-order valence-corrected chi connectivity index (χ0v) is 18.2. The SMILES string of the molecule is Cc1c(-c2ccccc2)oc2c(C(=O)NNC(=O)C3COc4ccccc4O3)cccc2c1=O. The highest BCUT2D eigenvalue weighted by Crippen LogP contribution is 2.31. The monoisotopic (exact) mass is 456 g/mol. The van der Waals surface area contributed by atoms with Crippen LogP contribution < -0.4 is 25.8 Å². The van der Waals surface area contributed by atoms with Crippen LogP contribution in [0.1, 0.15) is 15.9 Å². The zero-order valence-electron chi connectivity index (χ0n) is 18.2. The van der Waals surface area contributed by atoms with E-state index in [-0.39, 0.29) is 28.6 Å². The van der Waals surface area contributed by atoms with Crippen LogP contribution in [0.3, 0.4) is 0 Å². The lowest BCUT2D eigenvalue weighted by Crippen LogP contribution is -2.50. The van der Waals surface area contributed by atoms with Gasteiger partial charge in [0, 0.05) is 11.1 Å². The number of hydrogen-bond acceptors (Lipinski definition) is 6. The predicted molar refractivity (Wildman–Crippen MR) is 125 cm³/mol. The fourth-order valence-corrected chi connectivity index (χ4v) is 3.77. The maximum absolute atomic E-state index is 13.0. The molecule has 4 aromatic rings. The van der Waals surface area contributed by atoms with Gasteiger partial charge in [-0.25, -0.2) is 0 Å². The maximum Gasteiger partial charge on any atom is 0.283 e. The van der Waals surface area contributed by atoms with E-state index in [4.69, 9.17) is 13.9 Å². The molecule has 1 aliphatic rings. The van der Waals surface area contributed by atoms with Gasteiger partial charge < -0.3 is 13.9 Å². The van der Waals surface area contributed by atoms with Crippen molar-refractivity contribution < 1.29 is 23.5 Å². The molecule has 34 heavy (non-hydrogen) atoms. The molecule has 170 valence electrons. The second-order valence-electron chi connectivity index (χ2n) is 7.74. The lowest BCUT2D eigenvalue weighted by molar-refractivity contribution is -0.131. The lowest BCUT2D eigenvalue weighted by Gasteiger charge is -2.25. The quantitative estimate of drug-likeness (QED) is 0.458. The molecule has 5 rings (SSSR count). The Labute approximate surface area is 194 Å². The Hall–Kier alpha value is -4.59. The molecule has 2 heterocycles. The second kappa shape index (κ2) is 8.74. The van der Waals surface area contributed by atoms with Crippen molar-refractivity contribution in [3.05, 3.63) is 94.1 Å². The molecule has 2 N–H and O–H groups in total. The Bertz CT molecular complexity index is 1460. The fraction of sp³-hybridized carbons (Fsp3) is 0.115. The topological polar surface area (TPSA) is 107 Å². The number of benzene rings is 3. The van der Waals surface area contributed by atoms with Crippen LogP contribution in [0.2, 0.25) is 0 Å². The van der Waals surface area contributed by atoms with E-state index in [1.54, 1.807) is 43.3 Å². The number of nitrogens with one attached hydrogen (secondary N) is 2. The molecule has 2 amide bonds. The second-order valence-corrected chi connectivity index (χ2v) is 7.74. The fourth-order valence-electron chi connectivity index (χ4n) is 3.77. The number of carbonyl (C=O) groups is 2. The maximum atomic E-state index is 13.0. The highest BCUT2D eigenvalue weighted by atomic mass is 16.6. The molecule has 0 saturated heterocycles. The Morgan fingerprint density at radius 3 is 2.41 bits per heavy atom. The van der Waals surface area contributed by atoms with Crippen molar-refractivity contribution in [1.82, 2.24) is 10.9 Å². The van der Waals surface area contributed by atoms with E-state index in [1.165, 1.54) is 6.07 Å². The Kier molecular flexibility index (Phi) is 5.47. The third kappa shape index (κ3) is 3.86. The van der Waals surface area contributed by atoms with E-state index in [0.717, 1.165) is 5.56 Å². The van der Waals surface area contributed by atoms with Crippen LogP contribution in [0.25, 0.3) is 22.3 Å². The summed E-state index contributed by atoms with van der Waals surface area (Å²) < 4.78 is 17.2. The van der Waals surface area contributed by atoms with Gasteiger partial charge >= 0.3 is 0 Å². The largest absolute Gasteiger partial charge is 0.485 e. The number of amides is 2. The van der Waals surface area contributed by atoms with Gasteiger partial charge in [0.15, 0.2) is 22.5 Å². The summed E-state index contributed by atoms with van der Waals surface area (Å²) >= 11 is 0. The van der Waals surface area contributed by atoms with Crippen LogP contribution in [-0.2, 0) is 4.79 Å². The first-order chi connectivity index (χ1) is 16.5. The summed E-state index contributed by atoms with van der Waals surface area (Å²) in [6.45, 7) is 1.69. The van der Waals surface area contributed by atoms with Crippen molar-refractivity contribution in [2.45, 2.75) is 13.0 Å². The van der Waals surface area contributed by atoms with Gasteiger partial charge in [-0.1, -0.05) is 48.5 Å². The lowest BCUT2D eigenvalue weighted by atomic mass is 10.0. The average Bonchev–Trinajstić information content (AvgIpc) is 2.89. The molecular formula is C26H20N2O6. The third-order valence-electron chi connectivity index (χ3n) is 5.53. The molecule has 0 saturated carbocycles. The Morgan fingerprint density at radius 2 is 1.62 bits per heavy atom. The average molecular weight is 456 g/mol. The van der Waals surface area contributed by atoms with Gasteiger partial charge in [0.05, 0.1) is 10.9 Å². The summed E-state index contributed by atoms with van der Waals surface area (Å²) in [5, 5.41) is 0.275. The molecule has 0 radical (unpaired) electrons. The minimum atomic E-state index is -0.937. The molecule has 3 aromatic carbocycles. The molecule has 0 fully saturated rings. The van der Waals surface area contributed by atoms with E-state index in [9.17, 15) is 14.4 Å². The van der Waals surface area contributed by atoms with Crippen molar-refractivity contribution in [2.75, 3.05) is 6.61 Å². The Morgan fingerprint density at radius 1 is 0.882 bits per heavy atom. The summed E-state index contributed by atoms with van der Waals surface area (Å²) in [5.74, 6) is 0.159. The molecule has 1 aliphatic heterocycles. The highest BCUT2D eigenvalue weighted by Gasteiger charge is 2.28. The number of rotatable bonds is 3. The van der Waals surface area contributed by atoms with E-state index < -0.39 is 17.9 Å². The number of para-hydroxylation sites is 3. The normalized spacial score (nSPS) is 14.4. The molecule has 1 atom stereocenters. The molecule has 0 spiro atoms. The van der Waals surface area contributed by atoms with Gasteiger partial charge in [0.1, 0.15) is 12.4 Å². The zero-order chi connectivity index (χ0) is 23.7. The van der Waals surface area contributed by atoms with Crippen LogP contribution in [0.5, 0.6) is 11.5 Å². The van der Waals surface area contributed by atoms with Crippen LogP contribution in [0.15, 0.2) is 82.0 Å². The first kappa shape index (κ1) is 21.3. The van der Waals surface area contributed by atoms with Gasteiger partial charge in [-0.2, -0.15) is 0 Å². The van der Waals surface area contributed by atoms with Gasteiger partial charge in [-0.15, -0.1) is 0 Å². The molecule has 1 unspecified atom stereocenters. The first-order valence-corrected chi connectivity index (χ1v) is 10.6. The van der Waals surface area contributed by atoms with E-state index in [2.05, 4.69) is 10.9 Å². The predicted octanol–water partition coefficient (Wildman–Crippen LogP) is 3.37. The highest BCUT2D eigenvalue weighted by molar-refractivity contribution is 6.05. The molecule has 8 nitrogen and oxygen atoms in total. The molecule has 1 aromatic heterocycles. The number of carbonyl (C=O) groups excluding carboxylic acids is 2. The summed E-state index contributed by atoms with van der Waals surface area (Å²) in [6, 6.07) is 20.9. The van der Waals surface area contributed by atoms with Crippen molar-refractivity contribution in [3.8, 4) is 22.8 Å². The number of ether oxygens (including phenoxy) is 2. The minimum Gasteiger partial charge on any atom is -0.485 e. The van der Waals surface area contributed by atoms with Crippen LogP contribution in [0, 0.1) is 6.92 Å². The van der Waals surface area contributed by atoms with Crippen molar-refractivity contribution in [3.63, 3.8) is 0 Å². The van der Waals surface area contributed by atoms with Gasteiger partial charge in [-0.05, 0) is 31.2 Å². The summed E-state index contributed by atoms with van der Waals surface area (Å²) in [4.78, 5) is 38.4. The number of fused-ring (bicyclic) bond motifs is 2. The number of hydrazine groups is 1. The Balaban J connectivity index is 1.39. The van der Waals surface area contributed by atoms with E-state index in [0.29, 0.717) is 22.8 Å². The van der Waals surface area contributed by atoms with Crippen LogP contribution in [0.4, 0.5) is 0 Å². The summed E-state index contributed by atoms with van der Waals surface area (Å²) in [5.41, 5.74) is 5.90. The summed E-state index contributed by atoms with van der Waals surface area (Å²) in [6.07, 6.45) is -0.937. The van der Waals surface area contributed by atoms with Crippen molar-refractivity contribution in [1.29, 1.82) is 0 Å². The standard InChI is InChI=1S/C26H20N2O6/c1-15-22(29)17-10-7-11-18(24(17)34-23(15)16-8-3-2-4-9-16)25(30)27-28-26(31)21-14-32-19-12-5-6-13-20(19)33-21/h2-13,21H,14H2,1H3,(H,27,30)(H,28,31). The van der Waals surface area contributed by atoms with Crippen LogP contribution >= 0.6 is 0 Å². The molecular weight excluding hydrogens is 436 g/mol. The van der Waals surface area contributed by atoms with Crippen LogP contribution in [-0.4, -0.2) is 24.5 Å². The van der Waals surface area contributed by atoms with Crippen molar-refractivity contribution in [2.24, 2.45) is 0 Å². The van der Waals surface area contributed by atoms with Gasteiger partial charge in [0.25, 0.3) is 11.8 Å². The minimum absolute atomic E-state index is 0.00156. The van der Waals surface area contributed by atoms with E-state index >= 15 is 0 Å². The number of hydrogen-bond donors (Lipinski definition) is 2. The van der Waals surface area contributed by atoms with E-state index in [1.807, 2.05) is 30.3 Å². The van der Waals surface area contributed by atoms with Gasteiger partial charge in [-0.3, -0.25) is 25.2 Å². The van der Waals surface area contributed by atoms with Gasteiger partial charge in [0.2, 0.25) is 6.10 Å². The molecule has 8 heteroatoms. The molecule has 0 bridgehead atoms. The smallest absolute Gasteiger partial charge is 0.283 e.